The second kappa shape index (κ2) is 9.78. The number of nitrogens with zero attached hydrogens (tertiary/aromatic N) is 3. The van der Waals surface area contributed by atoms with Crippen LogP contribution in [0.15, 0.2) is 53.7 Å². The molecule has 0 aliphatic carbocycles. The number of ether oxygens (including phenoxy) is 1. The first-order valence-corrected chi connectivity index (χ1v) is 9.60. The molecule has 1 fully saturated rings. The van der Waals surface area contributed by atoms with E-state index in [0.29, 0.717) is 13.1 Å². The molecule has 0 unspecified atom stereocenters. The lowest BCUT2D eigenvalue weighted by atomic mass is 10.1. The minimum absolute atomic E-state index is 0.0344. The quantitative estimate of drug-likeness (QED) is 0.547. The smallest absolute Gasteiger partial charge is 0.263 e. The van der Waals surface area contributed by atoms with Crippen molar-refractivity contribution in [2.75, 3.05) is 44.8 Å². The number of oxime groups is 1. The molecule has 148 valence electrons. The molecule has 2 aromatic rings. The summed E-state index contributed by atoms with van der Waals surface area (Å²) in [5, 5.41) is 3.92. The number of carbonyl (C=O) groups is 1. The van der Waals surface area contributed by atoms with Crippen molar-refractivity contribution in [3.05, 3.63) is 59.7 Å². The van der Waals surface area contributed by atoms with Crippen LogP contribution in [0, 0.1) is 0 Å². The molecule has 2 aromatic carbocycles. The van der Waals surface area contributed by atoms with Crippen LogP contribution in [0.5, 0.6) is 5.75 Å². The summed E-state index contributed by atoms with van der Waals surface area (Å²) in [6, 6.07) is 16.1. The third-order valence-electron chi connectivity index (χ3n) is 4.92. The number of hydrogen-bond acceptors (Lipinski definition) is 5. The Balaban J connectivity index is 1.41. The summed E-state index contributed by atoms with van der Waals surface area (Å²) >= 11 is 0. The Morgan fingerprint density at radius 2 is 1.71 bits per heavy atom. The Morgan fingerprint density at radius 1 is 1.04 bits per heavy atom. The van der Waals surface area contributed by atoms with Crippen molar-refractivity contribution in [2.24, 2.45) is 5.16 Å². The molecule has 0 aromatic heterocycles. The Bertz CT molecular complexity index is 780. The van der Waals surface area contributed by atoms with Gasteiger partial charge in [-0.15, -0.1) is 0 Å². The van der Waals surface area contributed by atoms with E-state index in [1.54, 1.807) is 13.3 Å². The molecule has 3 rings (SSSR count). The van der Waals surface area contributed by atoms with Gasteiger partial charge in [0, 0.05) is 31.9 Å². The minimum Gasteiger partial charge on any atom is -0.497 e. The van der Waals surface area contributed by atoms with Gasteiger partial charge in [-0.25, -0.2) is 0 Å². The monoisotopic (exact) mass is 381 g/mol. The number of aryl methyl sites for hydroxylation is 1. The molecule has 28 heavy (non-hydrogen) atoms. The highest BCUT2D eigenvalue weighted by molar-refractivity contribution is 5.80. The van der Waals surface area contributed by atoms with Crippen LogP contribution in [0.25, 0.3) is 0 Å². The molecule has 1 aliphatic rings. The molecule has 1 saturated heterocycles. The van der Waals surface area contributed by atoms with E-state index < -0.39 is 0 Å². The van der Waals surface area contributed by atoms with Gasteiger partial charge in [0.1, 0.15) is 5.75 Å². The van der Waals surface area contributed by atoms with Crippen molar-refractivity contribution in [3.63, 3.8) is 0 Å². The lowest BCUT2D eigenvalue weighted by Crippen LogP contribution is -2.49. The number of methoxy groups -OCH3 is 1. The van der Waals surface area contributed by atoms with Gasteiger partial charge in [0.25, 0.3) is 5.91 Å². The van der Waals surface area contributed by atoms with Crippen LogP contribution in [0.3, 0.4) is 0 Å². The normalized spacial score (nSPS) is 14.4. The van der Waals surface area contributed by atoms with Gasteiger partial charge in [-0.1, -0.05) is 36.3 Å². The summed E-state index contributed by atoms with van der Waals surface area (Å²) < 4.78 is 5.19. The van der Waals surface area contributed by atoms with Gasteiger partial charge in [-0.2, -0.15) is 0 Å². The lowest BCUT2D eigenvalue weighted by Gasteiger charge is -2.35. The summed E-state index contributed by atoms with van der Waals surface area (Å²) in [6.45, 7) is 5.03. The van der Waals surface area contributed by atoms with E-state index >= 15 is 0 Å². The highest BCUT2D eigenvalue weighted by atomic mass is 16.6. The molecular formula is C22H27N3O3. The number of benzene rings is 2. The maximum Gasteiger partial charge on any atom is 0.263 e. The van der Waals surface area contributed by atoms with Crippen LogP contribution in [0.4, 0.5) is 5.69 Å². The van der Waals surface area contributed by atoms with Crippen LogP contribution in [0.1, 0.15) is 18.1 Å². The molecule has 0 N–H and O–H groups in total. The van der Waals surface area contributed by atoms with E-state index in [4.69, 9.17) is 9.57 Å². The van der Waals surface area contributed by atoms with Gasteiger partial charge < -0.3 is 19.4 Å². The maximum absolute atomic E-state index is 12.3. The van der Waals surface area contributed by atoms with Crippen molar-refractivity contribution in [1.29, 1.82) is 0 Å². The van der Waals surface area contributed by atoms with Gasteiger partial charge in [-0.05, 0) is 41.8 Å². The predicted octanol–water partition coefficient (Wildman–Crippen LogP) is 2.96. The van der Waals surface area contributed by atoms with Gasteiger partial charge in [0.05, 0.1) is 13.3 Å². The fourth-order valence-corrected chi connectivity index (χ4v) is 3.13. The largest absolute Gasteiger partial charge is 0.497 e. The van der Waals surface area contributed by atoms with E-state index in [0.717, 1.165) is 36.5 Å². The lowest BCUT2D eigenvalue weighted by molar-refractivity contribution is -0.136. The number of carbonyl (C=O) groups excluding carboxylic acids is 1. The zero-order valence-corrected chi connectivity index (χ0v) is 16.5. The average molecular weight is 381 g/mol. The third kappa shape index (κ3) is 5.25. The number of piperazine rings is 1. The maximum atomic E-state index is 12.3. The molecule has 6 nitrogen and oxygen atoms in total. The van der Waals surface area contributed by atoms with Crippen LogP contribution in [-0.4, -0.2) is 56.9 Å². The fourth-order valence-electron chi connectivity index (χ4n) is 3.13. The van der Waals surface area contributed by atoms with E-state index in [1.165, 1.54) is 5.56 Å². The van der Waals surface area contributed by atoms with Crippen LogP contribution in [-0.2, 0) is 16.1 Å². The molecule has 1 aliphatic heterocycles. The zero-order valence-electron chi connectivity index (χ0n) is 16.5. The first-order chi connectivity index (χ1) is 13.7. The van der Waals surface area contributed by atoms with Crippen LogP contribution >= 0.6 is 0 Å². The molecule has 6 heteroatoms. The number of hydrogen-bond donors (Lipinski definition) is 0. The summed E-state index contributed by atoms with van der Waals surface area (Å²) in [4.78, 5) is 21.6. The molecular weight excluding hydrogens is 354 g/mol. The Labute approximate surface area is 166 Å². The highest BCUT2D eigenvalue weighted by Crippen LogP contribution is 2.20. The molecule has 0 bridgehead atoms. The molecule has 0 saturated carbocycles. The van der Waals surface area contributed by atoms with Crippen molar-refractivity contribution in [1.82, 2.24) is 4.90 Å². The second-order valence-electron chi connectivity index (χ2n) is 6.67. The first-order valence-electron chi connectivity index (χ1n) is 9.60. The first kappa shape index (κ1) is 19.7. The molecule has 0 spiro atoms. The van der Waals surface area contributed by atoms with Gasteiger partial charge in [0.15, 0.2) is 6.61 Å². The molecule has 0 radical (unpaired) electrons. The van der Waals surface area contributed by atoms with Crippen molar-refractivity contribution in [3.8, 4) is 5.75 Å². The number of amides is 1. The summed E-state index contributed by atoms with van der Waals surface area (Å²) in [5.41, 5.74) is 3.38. The summed E-state index contributed by atoms with van der Waals surface area (Å²) in [6.07, 6.45) is 2.64. The molecule has 0 atom stereocenters. The highest BCUT2D eigenvalue weighted by Gasteiger charge is 2.21. The minimum atomic E-state index is -0.0356. The average Bonchev–Trinajstić information content (AvgIpc) is 2.77. The van der Waals surface area contributed by atoms with E-state index in [-0.39, 0.29) is 12.5 Å². The van der Waals surface area contributed by atoms with Gasteiger partial charge in [0.2, 0.25) is 0 Å². The van der Waals surface area contributed by atoms with Crippen LogP contribution < -0.4 is 9.64 Å². The van der Waals surface area contributed by atoms with Crippen molar-refractivity contribution < 1.29 is 14.4 Å². The molecule has 1 amide bonds. The summed E-state index contributed by atoms with van der Waals surface area (Å²) in [7, 11) is 1.66. The van der Waals surface area contributed by atoms with E-state index in [9.17, 15) is 4.79 Å². The SMILES string of the molecule is CCc1ccc(/C=N\OCC(=O)N2CCN(c3ccc(OC)cc3)CC2)cc1. The van der Waals surface area contributed by atoms with Crippen LogP contribution in [0.2, 0.25) is 0 Å². The Kier molecular flexibility index (Phi) is 6.89. The Morgan fingerprint density at radius 3 is 2.32 bits per heavy atom. The number of rotatable bonds is 7. The fraction of sp³-hybridized carbons (Fsp3) is 0.364. The number of anilines is 1. The topological polar surface area (TPSA) is 54.4 Å². The van der Waals surface area contributed by atoms with Gasteiger partial charge in [-0.3, -0.25) is 4.79 Å². The van der Waals surface area contributed by atoms with Crippen molar-refractivity contribution in [2.45, 2.75) is 13.3 Å². The van der Waals surface area contributed by atoms with E-state index in [2.05, 4.69) is 29.1 Å². The second-order valence-corrected chi connectivity index (χ2v) is 6.67. The van der Waals surface area contributed by atoms with E-state index in [1.807, 2.05) is 41.3 Å². The third-order valence-corrected chi connectivity index (χ3v) is 4.92. The Hall–Kier alpha value is -3.02. The van der Waals surface area contributed by atoms with Crippen molar-refractivity contribution >= 4 is 17.8 Å². The molecule has 1 heterocycles. The van der Waals surface area contributed by atoms with Gasteiger partial charge >= 0.3 is 0 Å². The standard InChI is InChI=1S/C22H27N3O3/c1-3-18-4-6-19(7-5-18)16-23-28-17-22(26)25-14-12-24(13-15-25)20-8-10-21(27-2)11-9-20/h4-11,16H,3,12-15,17H2,1-2H3/b23-16-. The predicted molar refractivity (Wildman–Crippen MR) is 111 cm³/mol. The summed E-state index contributed by atoms with van der Waals surface area (Å²) in [5.74, 6) is 0.810. The zero-order chi connectivity index (χ0) is 19.8.